The lowest BCUT2D eigenvalue weighted by atomic mass is 10.00. The minimum atomic E-state index is -3.99. The Morgan fingerprint density at radius 3 is 2.31 bits per heavy atom. The molecule has 0 aromatic heterocycles. The number of hydrogen-bond donors (Lipinski definition) is 1. The number of fused-ring (bicyclic) bond motifs is 1. The number of benzene rings is 2. The minimum absolute atomic E-state index is 0.0178. The maximum absolute atomic E-state index is 13.4. The molecule has 1 saturated heterocycles. The summed E-state index contributed by atoms with van der Waals surface area (Å²) in [6, 6.07) is 13.2. The molecule has 2 aromatic rings. The Balaban J connectivity index is 1.46. The molecule has 232 valence electrons. The van der Waals surface area contributed by atoms with Crippen molar-refractivity contribution in [2.24, 2.45) is 5.14 Å². The Kier molecular flexibility index (Phi) is 10.5. The Morgan fingerprint density at radius 1 is 0.952 bits per heavy atom. The highest BCUT2D eigenvalue weighted by Crippen LogP contribution is 2.36. The van der Waals surface area contributed by atoms with Crippen LogP contribution in [0.15, 0.2) is 47.4 Å². The zero-order valence-electron chi connectivity index (χ0n) is 24.6. The van der Waals surface area contributed by atoms with Gasteiger partial charge in [0, 0.05) is 66.5 Å². The maximum Gasteiger partial charge on any atom is 0.261 e. The number of carbonyl (C=O) groups excluding carboxylic acids is 1. The van der Waals surface area contributed by atoms with Crippen molar-refractivity contribution in [1.82, 2.24) is 19.0 Å². The van der Waals surface area contributed by atoms with Crippen LogP contribution in [0.5, 0.6) is 5.75 Å². The molecule has 0 spiro atoms. The Labute approximate surface area is 249 Å². The second-order valence-electron chi connectivity index (χ2n) is 11.1. The number of hydrogen-bond acceptors (Lipinski definition) is 9. The molecular weight excluding hydrogens is 580 g/mol. The molecule has 2 aliphatic rings. The van der Waals surface area contributed by atoms with Crippen LogP contribution in [0, 0.1) is 0 Å². The molecule has 4 rings (SSSR count). The molecule has 0 atom stereocenters. The zero-order chi connectivity index (χ0) is 30.5. The van der Waals surface area contributed by atoms with Crippen LogP contribution in [0.25, 0.3) is 0 Å². The molecular formula is C28H42N6O6S2. The van der Waals surface area contributed by atoms with Gasteiger partial charge in [-0.25, -0.2) is 26.3 Å². The van der Waals surface area contributed by atoms with E-state index in [9.17, 15) is 21.6 Å². The van der Waals surface area contributed by atoms with Crippen molar-refractivity contribution in [1.29, 1.82) is 0 Å². The second-order valence-corrected chi connectivity index (χ2v) is 14.7. The van der Waals surface area contributed by atoms with Crippen molar-refractivity contribution >= 4 is 31.6 Å². The number of sulfonamides is 2. The molecule has 14 heteroatoms. The van der Waals surface area contributed by atoms with Gasteiger partial charge < -0.3 is 19.4 Å². The first-order chi connectivity index (χ1) is 19.8. The highest BCUT2D eigenvalue weighted by molar-refractivity contribution is 7.89. The summed E-state index contributed by atoms with van der Waals surface area (Å²) >= 11 is 0. The Morgan fingerprint density at radius 2 is 1.64 bits per heavy atom. The fraction of sp³-hybridized carbons (Fsp3) is 0.536. The summed E-state index contributed by atoms with van der Waals surface area (Å²) in [6.45, 7) is 4.83. The van der Waals surface area contributed by atoms with Crippen molar-refractivity contribution in [3.63, 3.8) is 0 Å². The summed E-state index contributed by atoms with van der Waals surface area (Å²) in [6.07, 6.45) is 1.48. The van der Waals surface area contributed by atoms with Gasteiger partial charge in [0.2, 0.25) is 20.0 Å². The lowest BCUT2D eigenvalue weighted by Gasteiger charge is -2.35. The standard InChI is InChI=1S/C28H42N6O6S2/c1-30(2)42(38,39)28-25(33-18-16-31(3)17-19-33)10-6-11-26(28)40-21-27(35)34(22-41(29,36)37)14-7-13-32-15-12-23-8-4-5-9-24(23)20-32/h4-6,8-11H,7,12-22H2,1-3H3,(H2,29,36,37). The lowest BCUT2D eigenvalue weighted by Crippen LogP contribution is -2.45. The predicted octanol–water partition coefficient (Wildman–Crippen LogP) is 0.591. The van der Waals surface area contributed by atoms with Crippen molar-refractivity contribution in [3.05, 3.63) is 53.6 Å². The number of carbonyl (C=O) groups is 1. The summed E-state index contributed by atoms with van der Waals surface area (Å²) in [5.74, 6) is -1.20. The first-order valence-electron chi connectivity index (χ1n) is 14.0. The van der Waals surface area contributed by atoms with Crippen LogP contribution >= 0.6 is 0 Å². The monoisotopic (exact) mass is 622 g/mol. The minimum Gasteiger partial charge on any atom is -0.482 e. The van der Waals surface area contributed by atoms with E-state index in [1.54, 1.807) is 12.1 Å². The molecule has 0 unspecified atom stereocenters. The quantitative estimate of drug-likeness (QED) is 0.361. The lowest BCUT2D eigenvalue weighted by molar-refractivity contribution is -0.132. The van der Waals surface area contributed by atoms with Gasteiger partial charge in [-0.2, -0.15) is 0 Å². The molecule has 0 aliphatic carbocycles. The van der Waals surface area contributed by atoms with Crippen molar-refractivity contribution in [2.45, 2.75) is 24.3 Å². The van der Waals surface area contributed by atoms with E-state index in [4.69, 9.17) is 9.88 Å². The van der Waals surface area contributed by atoms with E-state index < -0.39 is 38.4 Å². The molecule has 1 fully saturated rings. The van der Waals surface area contributed by atoms with Crippen LogP contribution in [0.4, 0.5) is 5.69 Å². The zero-order valence-corrected chi connectivity index (χ0v) is 26.2. The van der Waals surface area contributed by atoms with Gasteiger partial charge in [0.15, 0.2) is 6.61 Å². The van der Waals surface area contributed by atoms with Crippen molar-refractivity contribution in [3.8, 4) is 5.75 Å². The number of piperazine rings is 1. The SMILES string of the molecule is CN1CCN(c2cccc(OCC(=O)N(CCCN3CCc4ccccc4C3)CS(N)(=O)=O)c2S(=O)(=O)N(C)C)CC1. The summed E-state index contributed by atoms with van der Waals surface area (Å²) in [5.41, 5.74) is 3.12. The summed E-state index contributed by atoms with van der Waals surface area (Å²) in [7, 11) is -3.03. The van der Waals surface area contributed by atoms with Crippen molar-refractivity contribution in [2.75, 3.05) is 84.3 Å². The first-order valence-corrected chi connectivity index (χ1v) is 17.2. The van der Waals surface area contributed by atoms with E-state index in [0.717, 1.165) is 41.8 Å². The van der Waals surface area contributed by atoms with Crippen molar-refractivity contribution < 1.29 is 26.4 Å². The highest BCUT2D eigenvalue weighted by Gasteiger charge is 2.30. The highest BCUT2D eigenvalue weighted by atomic mass is 32.2. The van der Waals surface area contributed by atoms with Crippen LogP contribution in [-0.2, 0) is 37.8 Å². The number of anilines is 1. The third-order valence-electron chi connectivity index (χ3n) is 7.69. The van der Waals surface area contributed by atoms with Gasteiger partial charge in [-0.05, 0) is 43.1 Å². The molecule has 0 radical (unpaired) electrons. The van der Waals surface area contributed by atoms with Crippen LogP contribution in [0.2, 0.25) is 0 Å². The van der Waals surface area contributed by atoms with E-state index in [1.165, 1.54) is 31.3 Å². The number of likely N-dealkylation sites (N-methyl/N-ethyl adjacent to an activating group) is 1. The molecule has 2 heterocycles. The molecule has 2 aliphatic heterocycles. The molecule has 2 N–H and O–H groups in total. The number of primary sulfonamides is 1. The smallest absolute Gasteiger partial charge is 0.261 e. The topological polar surface area (TPSA) is 137 Å². The van der Waals surface area contributed by atoms with E-state index in [2.05, 4.69) is 21.9 Å². The van der Waals surface area contributed by atoms with Gasteiger partial charge in [-0.1, -0.05) is 30.3 Å². The van der Waals surface area contributed by atoms with E-state index in [-0.39, 0.29) is 17.2 Å². The second kappa shape index (κ2) is 13.7. The van der Waals surface area contributed by atoms with Gasteiger partial charge in [0.25, 0.3) is 5.91 Å². The van der Waals surface area contributed by atoms with E-state index in [1.807, 2.05) is 24.1 Å². The third kappa shape index (κ3) is 8.20. The molecule has 0 saturated carbocycles. The Bertz CT molecular complexity index is 1460. The summed E-state index contributed by atoms with van der Waals surface area (Å²) in [5, 5.41) is 5.31. The fourth-order valence-electron chi connectivity index (χ4n) is 5.30. The average molecular weight is 623 g/mol. The summed E-state index contributed by atoms with van der Waals surface area (Å²) in [4.78, 5) is 20.8. The number of ether oxygens (including phenoxy) is 1. The summed E-state index contributed by atoms with van der Waals surface area (Å²) < 4.78 is 57.7. The number of amides is 1. The normalized spacial score (nSPS) is 16.8. The molecule has 2 aromatic carbocycles. The van der Waals surface area contributed by atoms with Crippen LogP contribution < -0.4 is 14.8 Å². The van der Waals surface area contributed by atoms with E-state index in [0.29, 0.717) is 31.7 Å². The van der Waals surface area contributed by atoms with Gasteiger partial charge in [0.05, 0.1) is 5.69 Å². The Hall–Kier alpha value is -2.75. The van der Waals surface area contributed by atoms with Gasteiger partial charge >= 0.3 is 0 Å². The number of nitrogens with two attached hydrogens (primary N) is 1. The van der Waals surface area contributed by atoms with Crippen LogP contribution in [0.3, 0.4) is 0 Å². The van der Waals surface area contributed by atoms with Gasteiger partial charge in [0.1, 0.15) is 16.5 Å². The fourth-order valence-corrected chi connectivity index (χ4v) is 7.21. The third-order valence-corrected chi connectivity index (χ3v) is 10.3. The molecule has 1 amide bonds. The molecule has 42 heavy (non-hydrogen) atoms. The van der Waals surface area contributed by atoms with Crippen LogP contribution in [-0.4, -0.2) is 121 Å². The maximum atomic E-state index is 13.4. The van der Waals surface area contributed by atoms with Gasteiger partial charge in [-0.15, -0.1) is 0 Å². The average Bonchev–Trinajstić information content (AvgIpc) is 2.94. The molecule has 0 bridgehead atoms. The van der Waals surface area contributed by atoms with Crippen LogP contribution in [0.1, 0.15) is 17.5 Å². The number of rotatable bonds is 12. The molecule has 12 nitrogen and oxygen atoms in total. The predicted molar refractivity (Wildman–Crippen MR) is 162 cm³/mol. The van der Waals surface area contributed by atoms with E-state index >= 15 is 0 Å². The van der Waals surface area contributed by atoms with Gasteiger partial charge in [-0.3, -0.25) is 9.69 Å². The first kappa shape index (κ1) is 32.2. The largest absolute Gasteiger partial charge is 0.482 e. The number of nitrogens with zero attached hydrogens (tertiary/aromatic N) is 5.